The van der Waals surface area contributed by atoms with Gasteiger partial charge in [-0.1, -0.05) is 32.9 Å². The van der Waals surface area contributed by atoms with Crippen LogP contribution in [0.2, 0.25) is 0 Å². The number of hydrogen-bond donors (Lipinski definition) is 0. The van der Waals surface area contributed by atoms with Gasteiger partial charge < -0.3 is 0 Å². The van der Waals surface area contributed by atoms with Crippen LogP contribution in [0, 0.1) is 10.8 Å². The third-order valence-electron chi connectivity index (χ3n) is 5.36. The number of para-hydroxylation sites is 2. The van der Waals surface area contributed by atoms with E-state index in [2.05, 4.69) is 30.7 Å². The zero-order valence-corrected chi connectivity index (χ0v) is 13.5. The first-order chi connectivity index (χ1) is 10.4. The summed E-state index contributed by atoms with van der Waals surface area (Å²) >= 11 is 0. The van der Waals surface area contributed by atoms with Crippen LogP contribution in [0.25, 0.3) is 0 Å². The minimum atomic E-state index is -0.421. The van der Waals surface area contributed by atoms with Gasteiger partial charge in [-0.2, -0.15) is 0 Å². The lowest BCUT2D eigenvalue weighted by molar-refractivity contribution is -0.124. The number of benzene rings is 1. The van der Waals surface area contributed by atoms with Crippen molar-refractivity contribution in [2.75, 3.05) is 6.54 Å². The Morgan fingerprint density at radius 3 is 2.64 bits per heavy atom. The molecule has 0 spiro atoms. The SMILES string of the molecule is CC1(C)CC2CC(C)(CN2C2N=c3ccccc3=NC2=O)C1. The van der Waals surface area contributed by atoms with E-state index in [0.29, 0.717) is 22.2 Å². The van der Waals surface area contributed by atoms with Gasteiger partial charge in [-0.3, -0.25) is 14.7 Å². The van der Waals surface area contributed by atoms with E-state index in [1.54, 1.807) is 0 Å². The molecule has 3 aliphatic rings. The fraction of sp³-hybridized carbons (Fsp3) is 0.611. The van der Waals surface area contributed by atoms with E-state index in [-0.39, 0.29) is 5.91 Å². The predicted molar refractivity (Wildman–Crippen MR) is 83.8 cm³/mol. The fourth-order valence-electron chi connectivity index (χ4n) is 5.04. The van der Waals surface area contributed by atoms with Crippen LogP contribution >= 0.6 is 0 Å². The van der Waals surface area contributed by atoms with Crippen molar-refractivity contribution in [3.63, 3.8) is 0 Å². The Balaban J connectivity index is 1.72. The van der Waals surface area contributed by atoms with Crippen molar-refractivity contribution in [1.82, 2.24) is 4.90 Å². The maximum absolute atomic E-state index is 12.5. The second-order valence-corrected chi connectivity index (χ2v) is 8.33. The third kappa shape index (κ3) is 2.21. The van der Waals surface area contributed by atoms with Gasteiger partial charge in [0.25, 0.3) is 5.91 Å². The monoisotopic (exact) mass is 297 g/mol. The molecule has 1 aromatic rings. The van der Waals surface area contributed by atoms with E-state index in [4.69, 9.17) is 4.99 Å². The normalized spacial score (nSPS) is 36.4. The highest BCUT2D eigenvalue weighted by atomic mass is 16.2. The third-order valence-corrected chi connectivity index (χ3v) is 5.36. The van der Waals surface area contributed by atoms with Crippen molar-refractivity contribution >= 4 is 5.91 Å². The van der Waals surface area contributed by atoms with Crippen molar-refractivity contribution in [3.8, 4) is 0 Å². The van der Waals surface area contributed by atoms with Gasteiger partial charge in [-0.15, -0.1) is 0 Å². The van der Waals surface area contributed by atoms with Gasteiger partial charge in [0.15, 0.2) is 6.17 Å². The maximum atomic E-state index is 12.5. The number of amides is 1. The molecule has 2 heterocycles. The van der Waals surface area contributed by atoms with Gasteiger partial charge in [0, 0.05) is 12.6 Å². The Morgan fingerprint density at radius 1 is 1.14 bits per heavy atom. The molecule has 4 nitrogen and oxygen atoms in total. The number of hydrogen-bond acceptors (Lipinski definition) is 3. The lowest BCUT2D eigenvalue weighted by Gasteiger charge is -2.40. The molecule has 2 fully saturated rings. The van der Waals surface area contributed by atoms with Gasteiger partial charge in [0.05, 0.1) is 10.7 Å². The van der Waals surface area contributed by atoms with Crippen LogP contribution < -0.4 is 10.7 Å². The summed E-state index contributed by atoms with van der Waals surface area (Å²) < 4.78 is 0. The summed E-state index contributed by atoms with van der Waals surface area (Å²) in [6.45, 7) is 8.01. The van der Waals surface area contributed by atoms with Crippen LogP contribution in [0.4, 0.5) is 0 Å². The highest BCUT2D eigenvalue weighted by Crippen LogP contribution is 2.53. The van der Waals surface area contributed by atoms with Gasteiger partial charge in [-0.25, -0.2) is 4.99 Å². The van der Waals surface area contributed by atoms with E-state index in [1.807, 2.05) is 24.3 Å². The van der Waals surface area contributed by atoms with E-state index in [1.165, 1.54) is 12.8 Å². The molecule has 2 bridgehead atoms. The van der Waals surface area contributed by atoms with Crippen molar-refractivity contribution in [2.45, 2.75) is 52.2 Å². The number of rotatable bonds is 1. The first-order valence-electron chi connectivity index (χ1n) is 8.17. The molecule has 1 saturated carbocycles. The lowest BCUT2D eigenvalue weighted by atomic mass is 9.65. The summed E-state index contributed by atoms with van der Waals surface area (Å²) in [6.07, 6.45) is 3.12. The molecule has 0 aromatic heterocycles. The molecule has 116 valence electrons. The van der Waals surface area contributed by atoms with E-state index in [0.717, 1.165) is 18.3 Å². The smallest absolute Gasteiger partial charge is 0.270 e. The molecule has 22 heavy (non-hydrogen) atoms. The Labute approximate surface area is 131 Å². The molecule has 2 aliphatic heterocycles. The number of nitrogens with zero attached hydrogens (tertiary/aromatic N) is 3. The number of likely N-dealkylation sites (tertiary alicyclic amines) is 1. The minimum absolute atomic E-state index is 0.104. The van der Waals surface area contributed by atoms with Crippen LogP contribution in [0.5, 0.6) is 0 Å². The highest BCUT2D eigenvalue weighted by molar-refractivity contribution is 5.83. The largest absolute Gasteiger partial charge is 0.286 e. The molecule has 3 atom stereocenters. The second kappa shape index (κ2) is 4.48. The lowest BCUT2D eigenvalue weighted by Crippen LogP contribution is -2.48. The van der Waals surface area contributed by atoms with Crippen LogP contribution in [0.15, 0.2) is 34.3 Å². The number of fused-ring (bicyclic) bond motifs is 3. The predicted octanol–water partition coefficient (Wildman–Crippen LogP) is 1.69. The Bertz CT molecular complexity index is 754. The minimum Gasteiger partial charge on any atom is -0.270 e. The molecule has 3 unspecified atom stereocenters. The molecule has 1 saturated heterocycles. The summed E-state index contributed by atoms with van der Waals surface area (Å²) in [6, 6.07) is 8.12. The standard InChI is InChI=1S/C18H23N3O/c1-17(2)8-12-9-18(3,10-17)11-21(12)15-16(22)20-14-7-5-4-6-13(14)19-15/h4-7,12,15H,8-11H2,1-3H3. The second-order valence-electron chi connectivity index (χ2n) is 8.33. The van der Waals surface area contributed by atoms with Crippen molar-refractivity contribution in [3.05, 3.63) is 35.0 Å². The topological polar surface area (TPSA) is 45.0 Å². The zero-order valence-electron chi connectivity index (χ0n) is 13.5. The molecular weight excluding hydrogens is 274 g/mol. The summed E-state index contributed by atoms with van der Waals surface area (Å²) in [5.41, 5.74) is 0.651. The Morgan fingerprint density at radius 2 is 1.86 bits per heavy atom. The first-order valence-corrected chi connectivity index (χ1v) is 8.17. The summed E-state index contributed by atoms with van der Waals surface area (Å²) in [5.74, 6) is -0.104. The summed E-state index contributed by atoms with van der Waals surface area (Å²) in [4.78, 5) is 23.8. The molecule has 1 aromatic carbocycles. The maximum Gasteiger partial charge on any atom is 0.286 e. The molecule has 1 aliphatic carbocycles. The van der Waals surface area contributed by atoms with Crippen LogP contribution in [-0.2, 0) is 4.79 Å². The summed E-state index contributed by atoms with van der Waals surface area (Å²) in [5, 5.41) is 1.55. The molecule has 0 N–H and O–H groups in total. The van der Waals surface area contributed by atoms with Crippen molar-refractivity contribution in [1.29, 1.82) is 0 Å². The molecular formula is C18H23N3O. The van der Waals surface area contributed by atoms with E-state index < -0.39 is 6.17 Å². The number of carbonyl (C=O) groups is 1. The number of carbonyl (C=O) groups excluding carboxylic acids is 1. The van der Waals surface area contributed by atoms with Crippen LogP contribution in [0.1, 0.15) is 40.0 Å². The van der Waals surface area contributed by atoms with Gasteiger partial charge in [-0.05, 0) is 42.2 Å². The average molecular weight is 297 g/mol. The molecule has 4 heteroatoms. The van der Waals surface area contributed by atoms with Crippen molar-refractivity contribution in [2.24, 2.45) is 20.8 Å². The van der Waals surface area contributed by atoms with E-state index in [9.17, 15) is 4.79 Å². The van der Waals surface area contributed by atoms with Gasteiger partial charge >= 0.3 is 0 Å². The van der Waals surface area contributed by atoms with E-state index >= 15 is 0 Å². The van der Waals surface area contributed by atoms with Crippen LogP contribution in [-0.4, -0.2) is 29.6 Å². The zero-order chi connectivity index (χ0) is 15.5. The quantitative estimate of drug-likeness (QED) is 0.792. The Hall–Kier alpha value is -1.55. The Kier molecular flexibility index (Phi) is 2.86. The fourth-order valence-corrected chi connectivity index (χ4v) is 5.04. The van der Waals surface area contributed by atoms with Gasteiger partial charge in [0.1, 0.15) is 0 Å². The average Bonchev–Trinajstić information content (AvgIpc) is 2.67. The van der Waals surface area contributed by atoms with Crippen LogP contribution in [0.3, 0.4) is 0 Å². The molecule has 1 amide bonds. The molecule has 4 rings (SSSR count). The summed E-state index contributed by atoms with van der Waals surface area (Å²) in [7, 11) is 0. The highest BCUT2D eigenvalue weighted by Gasteiger charge is 2.52. The first kappa shape index (κ1) is 14.1. The van der Waals surface area contributed by atoms with Crippen molar-refractivity contribution < 1.29 is 4.79 Å². The molecule has 0 radical (unpaired) electrons. The van der Waals surface area contributed by atoms with Gasteiger partial charge in [0.2, 0.25) is 0 Å².